The van der Waals surface area contributed by atoms with Crippen LogP contribution in [0.1, 0.15) is 40.5 Å². The van der Waals surface area contributed by atoms with Crippen LogP contribution < -0.4 is 0 Å². The van der Waals surface area contributed by atoms with Crippen LogP contribution in [0.25, 0.3) is 0 Å². The van der Waals surface area contributed by atoms with E-state index in [4.69, 9.17) is 18.5 Å². The molecule has 0 bridgehead atoms. The van der Waals surface area contributed by atoms with E-state index in [9.17, 15) is 9.46 Å². The molecule has 0 heterocycles. The van der Waals surface area contributed by atoms with Crippen LogP contribution in [0.3, 0.4) is 0 Å². The summed E-state index contributed by atoms with van der Waals surface area (Å²) in [6, 6.07) is 0. The molecule has 0 amide bonds. The Balaban J connectivity index is 4.32. The Kier molecular flexibility index (Phi) is 13.2. The summed E-state index contributed by atoms with van der Waals surface area (Å²) >= 11 is 0. The summed E-state index contributed by atoms with van der Waals surface area (Å²) in [7, 11) is 1.87. The van der Waals surface area contributed by atoms with Crippen molar-refractivity contribution in [3.63, 3.8) is 0 Å². The molecule has 8 heteroatoms. The molecule has 0 saturated heterocycles. The van der Waals surface area contributed by atoms with E-state index in [0.717, 1.165) is 12.8 Å². The quantitative estimate of drug-likeness (QED) is 0.244. The highest BCUT2D eigenvalue weighted by atomic mass is 31.2. The summed E-state index contributed by atoms with van der Waals surface area (Å²) in [5, 5.41) is 0. The summed E-state index contributed by atoms with van der Waals surface area (Å²) in [5.41, 5.74) is 0. The van der Waals surface area contributed by atoms with E-state index in [1.165, 1.54) is 0 Å². The van der Waals surface area contributed by atoms with Crippen molar-refractivity contribution < 1.29 is 32.5 Å². The van der Waals surface area contributed by atoms with Crippen molar-refractivity contribution in [2.75, 3.05) is 60.7 Å². The highest BCUT2D eigenvalue weighted by molar-refractivity contribution is 7.47. The lowest BCUT2D eigenvalue weighted by atomic mass is 10.1. The second-order valence-corrected chi connectivity index (χ2v) is 10.00. The van der Waals surface area contributed by atoms with Gasteiger partial charge in [0.15, 0.2) is 0 Å². The summed E-state index contributed by atoms with van der Waals surface area (Å²) in [6.07, 6.45) is 1.49. The van der Waals surface area contributed by atoms with E-state index in [1.807, 2.05) is 21.1 Å². The number of nitrogens with zero attached hydrogens (tertiary/aromatic N) is 1. The molecule has 0 rings (SSSR count). The van der Waals surface area contributed by atoms with Gasteiger partial charge in [-0.15, -0.1) is 0 Å². The first-order valence-electron chi connectivity index (χ1n) is 9.53. The number of phosphoric ester groups is 1. The Labute approximate surface area is 160 Å². The lowest BCUT2D eigenvalue weighted by Gasteiger charge is -2.24. The smallest absolute Gasteiger partial charge is 0.379 e. The first-order valence-corrected chi connectivity index (χ1v) is 11.0. The fraction of sp³-hybridized carbons (Fsp3) is 1.00. The monoisotopic (exact) mass is 398 g/mol. The first-order chi connectivity index (χ1) is 11.9. The molecule has 2 atom stereocenters. The fourth-order valence-electron chi connectivity index (χ4n) is 1.79. The lowest BCUT2D eigenvalue weighted by molar-refractivity contribution is -0.870. The Morgan fingerprint density at radius 1 is 0.885 bits per heavy atom. The van der Waals surface area contributed by atoms with Gasteiger partial charge >= 0.3 is 7.82 Å². The van der Waals surface area contributed by atoms with Crippen LogP contribution in [-0.2, 0) is 23.1 Å². The van der Waals surface area contributed by atoms with E-state index in [-0.39, 0.29) is 19.3 Å². The van der Waals surface area contributed by atoms with Gasteiger partial charge in [-0.3, -0.25) is 9.05 Å². The predicted molar refractivity (Wildman–Crippen MR) is 104 cm³/mol. The van der Waals surface area contributed by atoms with Crippen LogP contribution in [0.2, 0.25) is 0 Å². The molecule has 158 valence electrons. The standard InChI is InChI=1S/C18H40NO6P/c1-16(2)8-11-22-14-18(23-12-9-17(3)4)15-25-26(20,21)24-13-10-19(5,6)7/h16-18H,8-15H2,1-7H3/p+1/t18-/m1/s1. The number of likely N-dealkylation sites (N-methyl/N-ethyl adjacent to an activating group) is 1. The number of hydrogen-bond donors (Lipinski definition) is 1. The van der Waals surface area contributed by atoms with E-state index < -0.39 is 7.82 Å². The average Bonchev–Trinajstić information content (AvgIpc) is 2.46. The van der Waals surface area contributed by atoms with Gasteiger partial charge in [0, 0.05) is 13.2 Å². The van der Waals surface area contributed by atoms with Crippen LogP contribution in [0, 0.1) is 11.8 Å². The van der Waals surface area contributed by atoms with Crippen LogP contribution in [0.15, 0.2) is 0 Å². The molecule has 0 aliphatic carbocycles. The maximum Gasteiger partial charge on any atom is 0.472 e. The van der Waals surface area contributed by atoms with Gasteiger partial charge in [0.25, 0.3) is 0 Å². The minimum absolute atomic E-state index is 0.0298. The van der Waals surface area contributed by atoms with Crippen LogP contribution in [0.5, 0.6) is 0 Å². The molecule has 26 heavy (non-hydrogen) atoms. The van der Waals surface area contributed by atoms with Gasteiger partial charge in [0.05, 0.1) is 34.4 Å². The molecular weight excluding hydrogens is 357 g/mol. The van der Waals surface area contributed by atoms with Gasteiger partial charge in [-0.05, 0) is 24.7 Å². The second-order valence-electron chi connectivity index (χ2n) is 8.54. The average molecular weight is 399 g/mol. The molecule has 0 aromatic rings. The molecule has 1 N–H and O–H groups in total. The molecule has 0 spiro atoms. The Morgan fingerprint density at radius 3 is 2.00 bits per heavy atom. The minimum atomic E-state index is -4.08. The van der Waals surface area contributed by atoms with Crippen molar-refractivity contribution in [3.8, 4) is 0 Å². The van der Waals surface area contributed by atoms with Gasteiger partial charge < -0.3 is 18.9 Å². The zero-order chi connectivity index (χ0) is 20.2. The largest absolute Gasteiger partial charge is 0.472 e. The highest BCUT2D eigenvalue weighted by Gasteiger charge is 2.25. The Bertz CT molecular complexity index is 398. The zero-order valence-corrected chi connectivity index (χ0v) is 18.7. The molecule has 0 aliphatic heterocycles. The zero-order valence-electron chi connectivity index (χ0n) is 17.8. The molecule has 7 nitrogen and oxygen atoms in total. The fourth-order valence-corrected chi connectivity index (χ4v) is 2.53. The molecule has 0 fully saturated rings. The maximum atomic E-state index is 12.0. The van der Waals surface area contributed by atoms with Gasteiger partial charge in [-0.25, -0.2) is 4.57 Å². The SMILES string of the molecule is CC(C)CCOC[C@H](COP(=O)(O)OCC[N+](C)(C)C)OCCC(C)C. The molecular formula is C18H41NO6P+. The summed E-state index contributed by atoms with van der Waals surface area (Å²) in [4.78, 5) is 9.83. The Hall–Kier alpha value is -0.0100. The summed E-state index contributed by atoms with van der Waals surface area (Å²) in [5.74, 6) is 1.10. The number of ether oxygens (including phenoxy) is 2. The topological polar surface area (TPSA) is 74.2 Å². The summed E-state index contributed by atoms with van der Waals surface area (Å²) < 4.78 is 34.2. The van der Waals surface area contributed by atoms with Crippen molar-refractivity contribution in [1.29, 1.82) is 0 Å². The predicted octanol–water partition coefficient (Wildman–Crippen LogP) is 3.32. The normalized spacial score (nSPS) is 16.2. The number of hydrogen-bond acceptors (Lipinski definition) is 5. The second kappa shape index (κ2) is 13.2. The Morgan fingerprint density at radius 2 is 1.46 bits per heavy atom. The van der Waals surface area contributed by atoms with Crippen LogP contribution in [0.4, 0.5) is 0 Å². The van der Waals surface area contributed by atoms with E-state index in [2.05, 4.69) is 27.7 Å². The van der Waals surface area contributed by atoms with Gasteiger partial charge in [0.1, 0.15) is 19.3 Å². The third-order valence-electron chi connectivity index (χ3n) is 3.63. The summed E-state index contributed by atoms with van der Waals surface area (Å²) in [6.45, 7) is 10.8. The lowest BCUT2D eigenvalue weighted by Crippen LogP contribution is -2.37. The van der Waals surface area contributed by atoms with Crippen molar-refractivity contribution in [2.24, 2.45) is 11.8 Å². The third kappa shape index (κ3) is 17.4. The first kappa shape index (κ1) is 26.0. The van der Waals surface area contributed by atoms with Crippen molar-refractivity contribution in [2.45, 2.75) is 46.6 Å². The molecule has 0 aromatic carbocycles. The van der Waals surface area contributed by atoms with Gasteiger partial charge in [-0.2, -0.15) is 0 Å². The molecule has 0 aromatic heterocycles. The number of rotatable bonds is 16. The molecule has 0 saturated carbocycles. The van der Waals surface area contributed by atoms with Gasteiger partial charge in [0.2, 0.25) is 0 Å². The third-order valence-corrected chi connectivity index (χ3v) is 4.62. The number of quaternary nitrogens is 1. The van der Waals surface area contributed by atoms with Crippen LogP contribution >= 0.6 is 7.82 Å². The van der Waals surface area contributed by atoms with Crippen molar-refractivity contribution >= 4 is 7.82 Å². The molecule has 1 unspecified atom stereocenters. The number of phosphoric acid groups is 1. The highest BCUT2D eigenvalue weighted by Crippen LogP contribution is 2.43. The van der Waals surface area contributed by atoms with Crippen molar-refractivity contribution in [1.82, 2.24) is 0 Å². The van der Waals surface area contributed by atoms with E-state index >= 15 is 0 Å². The maximum absolute atomic E-state index is 12.0. The minimum Gasteiger partial charge on any atom is -0.379 e. The molecule has 0 aliphatic rings. The van der Waals surface area contributed by atoms with Crippen LogP contribution in [-0.4, -0.2) is 76.2 Å². The van der Waals surface area contributed by atoms with Gasteiger partial charge in [-0.1, -0.05) is 27.7 Å². The van der Waals surface area contributed by atoms with E-state index in [0.29, 0.717) is 42.7 Å². The molecule has 0 radical (unpaired) electrons. The van der Waals surface area contributed by atoms with Crippen molar-refractivity contribution in [3.05, 3.63) is 0 Å². The van der Waals surface area contributed by atoms with E-state index in [1.54, 1.807) is 0 Å².